The largest absolute Gasteiger partial charge is 0.465 e. The van der Waals surface area contributed by atoms with Gasteiger partial charge in [-0.3, -0.25) is 0 Å². The summed E-state index contributed by atoms with van der Waals surface area (Å²) in [5.74, 6) is -0.0589. The number of nitrogen functional groups attached to an aromatic ring is 2. The molecular formula is C27H32N16O4. The lowest BCUT2D eigenvalue weighted by Crippen LogP contribution is -2.09. The number of methoxy groups -OCH3 is 2. The monoisotopic (exact) mass is 644 g/mol. The molecule has 0 aromatic carbocycles. The first-order valence-electron chi connectivity index (χ1n) is 14.1. The van der Waals surface area contributed by atoms with Crippen molar-refractivity contribution in [2.75, 3.05) is 25.7 Å². The van der Waals surface area contributed by atoms with Crippen LogP contribution in [0.5, 0.6) is 0 Å². The van der Waals surface area contributed by atoms with Crippen LogP contribution in [-0.4, -0.2) is 75.2 Å². The van der Waals surface area contributed by atoms with Crippen LogP contribution >= 0.6 is 0 Å². The predicted molar refractivity (Wildman–Crippen MR) is 166 cm³/mol. The van der Waals surface area contributed by atoms with Crippen LogP contribution in [-0.2, 0) is 23.6 Å². The summed E-state index contributed by atoms with van der Waals surface area (Å²) in [6, 6.07) is 1.58. The summed E-state index contributed by atoms with van der Waals surface area (Å²) in [5.41, 5.74) is 14.9. The number of nitrogens with zero attached hydrogens (tertiary/aromatic N) is 14. The predicted octanol–water partition coefficient (Wildman–Crippen LogP) is 3.71. The van der Waals surface area contributed by atoms with Crippen LogP contribution in [0, 0.1) is 6.92 Å². The molecule has 1 atom stereocenters. The van der Waals surface area contributed by atoms with Gasteiger partial charge in [0.15, 0.2) is 46.3 Å². The van der Waals surface area contributed by atoms with E-state index >= 15 is 0 Å². The molecule has 4 N–H and O–H groups in total. The van der Waals surface area contributed by atoms with Crippen LogP contribution in [0.25, 0.3) is 11.6 Å². The number of azo groups is 2. The molecule has 0 saturated heterocycles. The van der Waals surface area contributed by atoms with Gasteiger partial charge in [-0.2, -0.15) is 29.8 Å². The van der Waals surface area contributed by atoms with Crippen molar-refractivity contribution in [1.29, 1.82) is 0 Å². The minimum Gasteiger partial charge on any atom is -0.465 e. The number of hydrogen-bond acceptors (Lipinski definition) is 16. The first-order chi connectivity index (χ1) is 22.5. The van der Waals surface area contributed by atoms with Crippen molar-refractivity contribution < 1.29 is 19.1 Å². The molecule has 0 amide bonds. The highest BCUT2D eigenvalue weighted by atomic mass is 16.5. The molecule has 47 heavy (non-hydrogen) atoms. The van der Waals surface area contributed by atoms with E-state index in [4.69, 9.17) is 26.0 Å². The molecule has 20 nitrogen and oxygen atoms in total. The van der Waals surface area contributed by atoms with E-state index in [2.05, 4.69) is 45.7 Å². The molecular weight excluding hydrogens is 612 g/mol. The quantitative estimate of drug-likeness (QED) is 0.163. The zero-order valence-corrected chi connectivity index (χ0v) is 26.6. The molecule has 0 spiro atoms. The molecule has 0 bridgehead atoms. The van der Waals surface area contributed by atoms with Gasteiger partial charge in [0.1, 0.15) is 17.5 Å². The summed E-state index contributed by atoms with van der Waals surface area (Å²) in [6.45, 7) is 5.68. The summed E-state index contributed by atoms with van der Waals surface area (Å²) in [7, 11) is 5.76. The maximum Gasteiger partial charge on any atom is 0.343 e. The Hall–Kier alpha value is -6.34. The minimum atomic E-state index is -0.608. The lowest BCUT2D eigenvalue weighted by atomic mass is 10.0. The third kappa shape index (κ3) is 5.90. The van der Waals surface area contributed by atoms with Gasteiger partial charge in [0, 0.05) is 26.1 Å². The highest BCUT2D eigenvalue weighted by molar-refractivity contribution is 5.94. The number of esters is 2. The second kappa shape index (κ2) is 12.9. The summed E-state index contributed by atoms with van der Waals surface area (Å²) < 4.78 is 15.2. The highest BCUT2D eigenvalue weighted by Crippen LogP contribution is 2.37. The number of carbonyl (C=O) groups is 2. The molecule has 5 heterocycles. The Labute approximate surface area is 267 Å². The van der Waals surface area contributed by atoms with Gasteiger partial charge in [0.05, 0.1) is 38.0 Å². The zero-order chi connectivity index (χ0) is 34.0. The molecule has 5 aromatic heterocycles. The van der Waals surface area contributed by atoms with Gasteiger partial charge in [-0.05, 0) is 13.3 Å². The topological polar surface area (TPSA) is 251 Å². The Bertz CT molecular complexity index is 2030. The second-order valence-electron chi connectivity index (χ2n) is 10.2. The normalized spacial score (nSPS) is 12.3. The highest BCUT2D eigenvalue weighted by Gasteiger charge is 2.24. The summed E-state index contributed by atoms with van der Waals surface area (Å²) >= 11 is 0. The molecule has 0 fully saturated rings. The number of rotatable bonds is 10. The van der Waals surface area contributed by atoms with Crippen molar-refractivity contribution in [3.05, 3.63) is 47.3 Å². The van der Waals surface area contributed by atoms with Crippen molar-refractivity contribution in [3.63, 3.8) is 0 Å². The van der Waals surface area contributed by atoms with Gasteiger partial charge in [-0.15, -0.1) is 20.5 Å². The number of aryl methyl sites for hydroxylation is 3. The Morgan fingerprint density at radius 1 is 0.830 bits per heavy atom. The molecule has 0 aliphatic rings. The van der Waals surface area contributed by atoms with E-state index in [-0.39, 0.29) is 51.8 Å². The molecule has 20 heteroatoms. The van der Waals surface area contributed by atoms with Gasteiger partial charge in [-0.25, -0.2) is 28.9 Å². The van der Waals surface area contributed by atoms with Crippen molar-refractivity contribution in [3.8, 4) is 11.6 Å². The Kier molecular flexibility index (Phi) is 8.83. The maximum atomic E-state index is 12.2. The number of hydrogen-bond donors (Lipinski definition) is 2. The van der Waals surface area contributed by atoms with E-state index < -0.39 is 11.9 Å². The van der Waals surface area contributed by atoms with Crippen LogP contribution in [0.4, 0.5) is 34.6 Å². The van der Waals surface area contributed by atoms with Gasteiger partial charge >= 0.3 is 11.9 Å². The third-order valence-electron chi connectivity index (χ3n) is 7.25. The lowest BCUT2D eigenvalue weighted by Gasteiger charge is -2.07. The first kappa shape index (κ1) is 32.1. The van der Waals surface area contributed by atoms with Crippen LogP contribution in [0.3, 0.4) is 0 Å². The number of anilines is 2. The first-order valence-corrected chi connectivity index (χ1v) is 14.1. The molecule has 0 radical (unpaired) electrons. The van der Waals surface area contributed by atoms with Crippen molar-refractivity contribution >= 4 is 46.6 Å². The van der Waals surface area contributed by atoms with Gasteiger partial charge in [0.2, 0.25) is 0 Å². The van der Waals surface area contributed by atoms with E-state index in [0.29, 0.717) is 22.9 Å². The fourth-order valence-electron chi connectivity index (χ4n) is 4.45. The average Bonchev–Trinajstić information content (AvgIpc) is 3.81. The van der Waals surface area contributed by atoms with Crippen molar-refractivity contribution in [1.82, 2.24) is 49.1 Å². The second-order valence-corrected chi connectivity index (χ2v) is 10.2. The van der Waals surface area contributed by atoms with Crippen molar-refractivity contribution in [2.45, 2.75) is 33.1 Å². The summed E-state index contributed by atoms with van der Waals surface area (Å²) in [4.78, 5) is 33.0. The smallest absolute Gasteiger partial charge is 0.343 e. The lowest BCUT2D eigenvalue weighted by molar-refractivity contribution is 0.0592. The maximum absolute atomic E-state index is 12.2. The Morgan fingerprint density at radius 3 is 1.83 bits per heavy atom. The van der Waals surface area contributed by atoms with Crippen LogP contribution in [0.2, 0.25) is 0 Å². The molecule has 0 aliphatic carbocycles. The number of ether oxygens (including phenoxy) is 2. The van der Waals surface area contributed by atoms with Crippen molar-refractivity contribution in [2.24, 2.45) is 34.6 Å². The zero-order valence-electron chi connectivity index (χ0n) is 26.6. The molecule has 244 valence electrons. The minimum absolute atomic E-state index is 0.0584. The van der Waals surface area contributed by atoms with Crippen LogP contribution < -0.4 is 11.5 Å². The Balaban J connectivity index is 1.53. The molecule has 5 aromatic rings. The van der Waals surface area contributed by atoms with Gasteiger partial charge in [0.25, 0.3) is 0 Å². The van der Waals surface area contributed by atoms with Crippen LogP contribution in [0.15, 0.2) is 45.2 Å². The SMILES string of the molecule is CC[C@@H](C)c1nn(-c2cc(-n3nc(C)c(N=Nc4c(C(=O)OC)cnn4C)c3N)ncn2)c(N)c1N=Nc1c(C(=O)OC)cnn1C. The fourth-order valence-corrected chi connectivity index (χ4v) is 4.45. The van der Waals surface area contributed by atoms with E-state index in [9.17, 15) is 9.59 Å². The van der Waals surface area contributed by atoms with E-state index in [0.717, 1.165) is 6.42 Å². The number of aromatic nitrogens is 10. The number of nitrogens with two attached hydrogens (primary N) is 2. The average molecular weight is 645 g/mol. The fraction of sp³-hybridized carbons (Fsp3) is 0.333. The van der Waals surface area contributed by atoms with Gasteiger partial charge < -0.3 is 20.9 Å². The molecule has 0 saturated carbocycles. The molecule has 5 rings (SSSR count). The third-order valence-corrected chi connectivity index (χ3v) is 7.25. The van der Waals surface area contributed by atoms with E-state index in [1.165, 1.54) is 51.7 Å². The standard InChI is InChI=1S/C27H32N16O4/c1-8-13(2)19-21(35-37-25-16(27(45)47-7)11-33-41(25)5)23(29)43(39-19)18-9-17(30-12-31-18)42-22(28)20(14(3)38-42)34-36-24-15(26(44)46-6)10-32-40(24)4/h9-13H,8,28-29H2,1-7H3/t13-/m1/s1. The van der Waals surface area contributed by atoms with Gasteiger partial charge in [-0.1, -0.05) is 13.8 Å². The molecule has 0 aliphatic heterocycles. The van der Waals surface area contributed by atoms with Crippen LogP contribution in [0.1, 0.15) is 58.3 Å². The molecule has 0 unspecified atom stereocenters. The van der Waals surface area contributed by atoms with E-state index in [1.807, 2.05) is 13.8 Å². The summed E-state index contributed by atoms with van der Waals surface area (Å²) in [6.07, 6.45) is 4.72. The Morgan fingerprint density at radius 2 is 1.32 bits per heavy atom. The van der Waals surface area contributed by atoms with E-state index in [1.54, 1.807) is 27.1 Å². The summed E-state index contributed by atoms with van der Waals surface area (Å²) in [5, 5.41) is 34.4. The number of carbonyl (C=O) groups excluding carboxylic acids is 2.